The fraction of sp³-hybridized carbons (Fsp3) is 0.500. The molecule has 0 radical (unpaired) electrons. The molecule has 1 aromatic carbocycles. The summed E-state index contributed by atoms with van der Waals surface area (Å²) in [6, 6.07) is 6.01. The van der Waals surface area contributed by atoms with Crippen LogP contribution in [-0.4, -0.2) is 56.7 Å². The molecular formula is C16H20O9S. The van der Waals surface area contributed by atoms with Gasteiger partial charge in [-0.1, -0.05) is 17.7 Å². The Balaban J connectivity index is 2.12. The Kier molecular flexibility index (Phi) is 6.34. The van der Waals surface area contributed by atoms with Gasteiger partial charge in [0.2, 0.25) is 0 Å². The molecule has 1 heterocycles. The summed E-state index contributed by atoms with van der Waals surface area (Å²) in [6.45, 7) is 3.51. The number of esters is 2. The molecule has 1 aliphatic heterocycles. The molecule has 1 aromatic rings. The van der Waals surface area contributed by atoms with Gasteiger partial charge in [0.05, 0.1) is 11.5 Å². The van der Waals surface area contributed by atoms with Crippen molar-refractivity contribution in [1.82, 2.24) is 0 Å². The largest absolute Gasteiger partial charge is 0.455 e. The highest BCUT2D eigenvalue weighted by atomic mass is 32.2. The lowest BCUT2D eigenvalue weighted by molar-refractivity contribution is -0.174. The topological polar surface area (TPSA) is 125 Å². The molecule has 0 aliphatic carbocycles. The van der Waals surface area contributed by atoms with Crippen LogP contribution in [0.3, 0.4) is 0 Å². The summed E-state index contributed by atoms with van der Waals surface area (Å²) < 4.78 is 44.5. The minimum absolute atomic E-state index is 0.0535. The molecule has 0 aromatic heterocycles. The number of benzene rings is 1. The number of aryl methyl sites for hydroxylation is 1. The van der Waals surface area contributed by atoms with E-state index in [4.69, 9.17) is 18.4 Å². The third kappa shape index (κ3) is 5.01. The van der Waals surface area contributed by atoms with Crippen LogP contribution in [0.15, 0.2) is 29.2 Å². The molecule has 0 unspecified atom stereocenters. The van der Waals surface area contributed by atoms with Crippen molar-refractivity contribution in [2.24, 2.45) is 0 Å². The van der Waals surface area contributed by atoms with Crippen molar-refractivity contribution in [2.45, 2.75) is 50.3 Å². The van der Waals surface area contributed by atoms with E-state index in [-0.39, 0.29) is 4.90 Å². The maximum Gasteiger partial charge on any atom is 0.303 e. The first-order chi connectivity index (χ1) is 12.1. The average Bonchev–Trinajstić information content (AvgIpc) is 2.81. The lowest BCUT2D eigenvalue weighted by atomic mass is 10.1. The van der Waals surface area contributed by atoms with E-state index in [0.717, 1.165) is 19.4 Å². The zero-order valence-corrected chi connectivity index (χ0v) is 15.3. The molecule has 2 rings (SSSR count). The van der Waals surface area contributed by atoms with E-state index < -0.39 is 53.3 Å². The molecule has 10 heteroatoms. The van der Waals surface area contributed by atoms with Gasteiger partial charge >= 0.3 is 11.9 Å². The smallest absolute Gasteiger partial charge is 0.303 e. The summed E-state index contributed by atoms with van der Waals surface area (Å²) in [4.78, 5) is 22.4. The van der Waals surface area contributed by atoms with Crippen LogP contribution >= 0.6 is 0 Å². The molecule has 1 N–H and O–H groups in total. The normalized spacial score (nSPS) is 25.7. The Morgan fingerprint density at radius 3 is 2.15 bits per heavy atom. The van der Waals surface area contributed by atoms with Crippen LogP contribution in [0.4, 0.5) is 0 Å². The van der Waals surface area contributed by atoms with Gasteiger partial charge in [0.1, 0.15) is 6.10 Å². The van der Waals surface area contributed by atoms with Gasteiger partial charge in [-0.3, -0.25) is 13.8 Å². The van der Waals surface area contributed by atoms with Crippen molar-refractivity contribution >= 4 is 22.1 Å². The Labute approximate surface area is 150 Å². The number of carbonyl (C=O) groups is 2. The number of ether oxygens (including phenoxy) is 3. The van der Waals surface area contributed by atoms with Crippen LogP contribution in [0.1, 0.15) is 19.4 Å². The van der Waals surface area contributed by atoms with Crippen molar-refractivity contribution in [3.05, 3.63) is 29.8 Å². The maximum atomic E-state index is 12.2. The van der Waals surface area contributed by atoms with Crippen LogP contribution in [0.2, 0.25) is 0 Å². The van der Waals surface area contributed by atoms with Crippen LogP contribution in [0.25, 0.3) is 0 Å². The van der Waals surface area contributed by atoms with Crippen LogP contribution in [0, 0.1) is 6.92 Å². The highest BCUT2D eigenvalue weighted by Crippen LogP contribution is 2.27. The second kappa shape index (κ2) is 8.12. The lowest BCUT2D eigenvalue weighted by Crippen LogP contribution is -2.41. The van der Waals surface area contributed by atoms with Gasteiger partial charge in [0.15, 0.2) is 18.5 Å². The first kappa shape index (κ1) is 20.3. The van der Waals surface area contributed by atoms with Crippen molar-refractivity contribution in [1.29, 1.82) is 0 Å². The summed E-state index contributed by atoms with van der Waals surface area (Å²) in [5.74, 6) is -1.43. The predicted molar refractivity (Wildman–Crippen MR) is 86.3 cm³/mol. The van der Waals surface area contributed by atoms with E-state index >= 15 is 0 Å². The summed E-state index contributed by atoms with van der Waals surface area (Å²) >= 11 is 0. The van der Waals surface area contributed by atoms with E-state index in [0.29, 0.717) is 0 Å². The molecule has 9 nitrogen and oxygen atoms in total. The van der Waals surface area contributed by atoms with Gasteiger partial charge in [-0.2, -0.15) is 8.42 Å². The molecule has 0 bridgehead atoms. The molecule has 0 amide bonds. The Morgan fingerprint density at radius 2 is 1.62 bits per heavy atom. The fourth-order valence-corrected chi connectivity index (χ4v) is 3.34. The van der Waals surface area contributed by atoms with Crippen molar-refractivity contribution in [3.63, 3.8) is 0 Å². The van der Waals surface area contributed by atoms with Gasteiger partial charge in [-0.25, -0.2) is 0 Å². The highest BCUT2D eigenvalue weighted by molar-refractivity contribution is 7.86. The van der Waals surface area contributed by atoms with Gasteiger partial charge in [-0.15, -0.1) is 0 Å². The fourth-order valence-electron chi connectivity index (χ4n) is 2.42. The summed E-state index contributed by atoms with van der Waals surface area (Å²) in [6.07, 6.45) is -5.22. The average molecular weight is 388 g/mol. The summed E-state index contributed by atoms with van der Waals surface area (Å²) in [5, 5.41) is 9.87. The Morgan fingerprint density at radius 1 is 1.08 bits per heavy atom. The minimum Gasteiger partial charge on any atom is -0.455 e. The second-order valence-electron chi connectivity index (χ2n) is 5.76. The molecule has 1 saturated heterocycles. The minimum atomic E-state index is -4.08. The summed E-state index contributed by atoms with van der Waals surface area (Å²) in [5.41, 5.74) is 0.880. The van der Waals surface area contributed by atoms with E-state index in [2.05, 4.69) is 0 Å². The van der Waals surface area contributed by atoms with Crippen LogP contribution < -0.4 is 0 Å². The van der Waals surface area contributed by atoms with E-state index in [1.165, 1.54) is 12.1 Å². The van der Waals surface area contributed by atoms with Crippen molar-refractivity contribution < 1.29 is 41.5 Å². The van der Waals surface area contributed by atoms with Crippen molar-refractivity contribution in [2.75, 3.05) is 6.61 Å². The predicted octanol–water partition coefficient (Wildman–Crippen LogP) is 0.281. The maximum absolute atomic E-state index is 12.2. The molecule has 4 atom stereocenters. The number of hydrogen-bond donors (Lipinski definition) is 1. The number of aliphatic hydroxyl groups excluding tert-OH is 1. The zero-order valence-electron chi connectivity index (χ0n) is 14.4. The summed E-state index contributed by atoms with van der Waals surface area (Å²) in [7, 11) is -4.08. The standard InChI is InChI=1S/C16H20O9S/c1-9-4-6-12(7-5-9)26(20,21)22-8-13-14(23-10(2)17)15(16(19)25-13)24-11(3)18/h4-7,13-16,19H,8H2,1-3H3/t13-,14+,15-,16-/m1/s1. The monoisotopic (exact) mass is 388 g/mol. The van der Waals surface area contributed by atoms with Gasteiger partial charge < -0.3 is 19.3 Å². The molecule has 0 saturated carbocycles. The van der Waals surface area contributed by atoms with E-state index in [9.17, 15) is 23.1 Å². The molecule has 26 heavy (non-hydrogen) atoms. The van der Waals surface area contributed by atoms with Gasteiger partial charge in [0.25, 0.3) is 10.1 Å². The number of hydrogen-bond acceptors (Lipinski definition) is 9. The third-order valence-corrected chi connectivity index (χ3v) is 4.88. The lowest BCUT2D eigenvalue weighted by Gasteiger charge is -2.22. The van der Waals surface area contributed by atoms with E-state index in [1.54, 1.807) is 12.1 Å². The number of rotatable bonds is 6. The molecular weight excluding hydrogens is 368 g/mol. The SMILES string of the molecule is CC(=O)O[C@@H]1[C@@H](OC(C)=O)[C@@H](COS(=O)(=O)c2ccc(C)cc2)O[C@H]1O. The zero-order chi connectivity index (χ0) is 19.5. The van der Waals surface area contributed by atoms with Gasteiger partial charge in [-0.05, 0) is 19.1 Å². The highest BCUT2D eigenvalue weighted by Gasteiger charge is 2.49. The third-order valence-electron chi connectivity index (χ3n) is 3.59. The molecule has 144 valence electrons. The Bertz CT molecular complexity index is 756. The first-order valence-corrected chi connectivity index (χ1v) is 9.15. The van der Waals surface area contributed by atoms with Crippen LogP contribution in [-0.2, 0) is 38.1 Å². The second-order valence-corrected chi connectivity index (χ2v) is 7.38. The van der Waals surface area contributed by atoms with E-state index in [1.807, 2.05) is 6.92 Å². The van der Waals surface area contributed by atoms with Crippen molar-refractivity contribution in [3.8, 4) is 0 Å². The molecule has 1 fully saturated rings. The first-order valence-electron chi connectivity index (χ1n) is 7.74. The van der Waals surface area contributed by atoms with Gasteiger partial charge in [0, 0.05) is 13.8 Å². The Hall–Kier alpha value is -2.01. The number of aliphatic hydroxyl groups is 1. The van der Waals surface area contributed by atoms with Crippen LogP contribution in [0.5, 0.6) is 0 Å². The molecule has 1 aliphatic rings. The number of carbonyl (C=O) groups excluding carboxylic acids is 2. The molecule has 0 spiro atoms. The quantitative estimate of drug-likeness (QED) is 0.540.